The van der Waals surface area contributed by atoms with Crippen molar-refractivity contribution in [3.8, 4) is 11.8 Å². The highest BCUT2D eigenvalue weighted by Crippen LogP contribution is 1.96. The Hall–Kier alpha value is -1.75. The quantitative estimate of drug-likeness (QED) is 0.543. The molecule has 0 spiro atoms. The highest BCUT2D eigenvalue weighted by atomic mass is 16.5. The van der Waals surface area contributed by atoms with Crippen LogP contribution in [0.1, 0.15) is 25.8 Å². The van der Waals surface area contributed by atoms with E-state index >= 15 is 0 Å². The van der Waals surface area contributed by atoms with E-state index in [1.54, 1.807) is 0 Å². The van der Waals surface area contributed by atoms with Gasteiger partial charge in [0, 0.05) is 5.56 Å². The van der Waals surface area contributed by atoms with Gasteiger partial charge in [-0.15, -0.1) is 0 Å². The summed E-state index contributed by atoms with van der Waals surface area (Å²) in [6.07, 6.45) is 0.0728. The molecule has 0 aliphatic rings. The molecule has 1 rings (SSSR count). The van der Waals surface area contributed by atoms with E-state index in [0.29, 0.717) is 0 Å². The van der Waals surface area contributed by atoms with Crippen LogP contribution in [0.4, 0.5) is 0 Å². The molecule has 0 aliphatic heterocycles. The lowest BCUT2D eigenvalue weighted by Gasteiger charge is -2.04. The fourth-order valence-electron chi connectivity index (χ4n) is 1.04. The molecule has 0 saturated heterocycles. The summed E-state index contributed by atoms with van der Waals surface area (Å²) in [5, 5.41) is 0. The lowest BCUT2D eigenvalue weighted by Crippen LogP contribution is -2.10. The zero-order valence-corrected chi connectivity index (χ0v) is 8.99. The molecule has 0 aromatic heterocycles. The second-order valence-corrected chi connectivity index (χ2v) is 3.38. The molecule has 15 heavy (non-hydrogen) atoms. The van der Waals surface area contributed by atoms with Crippen molar-refractivity contribution in [2.45, 2.75) is 26.4 Å². The third-order valence-corrected chi connectivity index (χ3v) is 1.61. The fourth-order valence-corrected chi connectivity index (χ4v) is 1.04. The Morgan fingerprint density at radius 3 is 2.60 bits per heavy atom. The second kappa shape index (κ2) is 5.87. The van der Waals surface area contributed by atoms with Crippen molar-refractivity contribution in [1.82, 2.24) is 0 Å². The predicted octanol–water partition coefficient (Wildman–Crippen LogP) is 2.38. The monoisotopic (exact) mass is 202 g/mol. The minimum absolute atomic E-state index is 0.0731. The maximum Gasteiger partial charge on any atom is 0.318 e. The number of rotatable bonds is 2. The number of benzene rings is 1. The summed E-state index contributed by atoms with van der Waals surface area (Å²) >= 11 is 0. The summed E-state index contributed by atoms with van der Waals surface area (Å²) in [5.41, 5.74) is 0.912. The highest BCUT2D eigenvalue weighted by Gasteiger charge is 2.01. The minimum atomic E-state index is -0.270. The van der Waals surface area contributed by atoms with Crippen LogP contribution in [0, 0.1) is 11.8 Å². The molecule has 0 bridgehead atoms. The maximum absolute atomic E-state index is 11.1. The van der Waals surface area contributed by atoms with E-state index in [0.717, 1.165) is 5.56 Å². The third kappa shape index (κ3) is 4.87. The SMILES string of the molecule is CC(C)OC(=O)CC#Cc1ccccc1. The lowest BCUT2D eigenvalue weighted by atomic mass is 10.2. The second-order valence-electron chi connectivity index (χ2n) is 3.38. The van der Waals surface area contributed by atoms with Gasteiger partial charge < -0.3 is 4.74 Å². The van der Waals surface area contributed by atoms with Crippen LogP contribution in [0.15, 0.2) is 30.3 Å². The fraction of sp³-hybridized carbons (Fsp3) is 0.308. The van der Waals surface area contributed by atoms with Crippen molar-refractivity contribution in [3.05, 3.63) is 35.9 Å². The largest absolute Gasteiger partial charge is 0.462 e. The van der Waals surface area contributed by atoms with Gasteiger partial charge in [0.2, 0.25) is 0 Å². The molecular formula is C13H14O2. The van der Waals surface area contributed by atoms with E-state index in [4.69, 9.17) is 4.74 Å². The van der Waals surface area contributed by atoms with E-state index in [-0.39, 0.29) is 18.5 Å². The van der Waals surface area contributed by atoms with Gasteiger partial charge in [-0.1, -0.05) is 30.0 Å². The number of hydrogen-bond donors (Lipinski definition) is 0. The molecule has 0 aliphatic carbocycles. The smallest absolute Gasteiger partial charge is 0.318 e. The molecular weight excluding hydrogens is 188 g/mol. The Morgan fingerprint density at radius 1 is 1.33 bits per heavy atom. The van der Waals surface area contributed by atoms with Crippen LogP contribution in [0.5, 0.6) is 0 Å². The number of hydrogen-bond acceptors (Lipinski definition) is 2. The summed E-state index contributed by atoms with van der Waals surface area (Å²) in [7, 11) is 0. The van der Waals surface area contributed by atoms with Gasteiger partial charge in [0.15, 0.2) is 0 Å². The van der Waals surface area contributed by atoms with Crippen LogP contribution in [0.25, 0.3) is 0 Å². The first-order chi connectivity index (χ1) is 7.18. The van der Waals surface area contributed by atoms with Gasteiger partial charge in [0.25, 0.3) is 0 Å². The summed E-state index contributed by atoms with van der Waals surface area (Å²) in [6, 6.07) is 9.56. The average molecular weight is 202 g/mol. The Bertz CT molecular complexity index is 369. The maximum atomic E-state index is 11.1. The van der Waals surface area contributed by atoms with Gasteiger partial charge in [0.1, 0.15) is 6.42 Å². The molecule has 0 saturated carbocycles. The van der Waals surface area contributed by atoms with Gasteiger partial charge >= 0.3 is 5.97 Å². The van der Waals surface area contributed by atoms with E-state index in [1.807, 2.05) is 44.2 Å². The molecule has 2 nitrogen and oxygen atoms in total. The molecule has 0 amide bonds. The average Bonchev–Trinajstić information content (AvgIpc) is 2.18. The summed E-state index contributed by atoms with van der Waals surface area (Å²) in [4.78, 5) is 11.1. The van der Waals surface area contributed by atoms with Gasteiger partial charge in [0.05, 0.1) is 6.10 Å². The molecule has 1 aromatic carbocycles. The van der Waals surface area contributed by atoms with Crippen molar-refractivity contribution < 1.29 is 9.53 Å². The summed E-state index contributed by atoms with van der Waals surface area (Å²) < 4.78 is 4.95. The summed E-state index contributed by atoms with van der Waals surface area (Å²) in [6.45, 7) is 3.64. The van der Waals surface area contributed by atoms with Crippen molar-refractivity contribution in [3.63, 3.8) is 0 Å². The van der Waals surface area contributed by atoms with Crippen LogP contribution in [-0.2, 0) is 9.53 Å². The van der Waals surface area contributed by atoms with Crippen molar-refractivity contribution in [1.29, 1.82) is 0 Å². The summed E-state index contributed by atoms with van der Waals surface area (Å²) in [5.74, 6) is 5.41. The van der Waals surface area contributed by atoms with E-state index < -0.39 is 0 Å². The Morgan fingerprint density at radius 2 is 2.00 bits per heavy atom. The van der Waals surface area contributed by atoms with Crippen LogP contribution in [-0.4, -0.2) is 12.1 Å². The van der Waals surface area contributed by atoms with Crippen LogP contribution in [0.2, 0.25) is 0 Å². The van der Waals surface area contributed by atoms with Crippen molar-refractivity contribution >= 4 is 5.97 Å². The van der Waals surface area contributed by atoms with Crippen molar-refractivity contribution in [2.75, 3.05) is 0 Å². The molecule has 0 fully saturated rings. The van der Waals surface area contributed by atoms with Crippen LogP contribution < -0.4 is 0 Å². The number of esters is 1. The molecule has 0 N–H and O–H groups in total. The number of carbonyl (C=O) groups excluding carboxylic acids is 1. The zero-order chi connectivity index (χ0) is 11.1. The van der Waals surface area contributed by atoms with Gasteiger partial charge in [-0.2, -0.15) is 0 Å². The van der Waals surface area contributed by atoms with Crippen molar-refractivity contribution in [2.24, 2.45) is 0 Å². The zero-order valence-electron chi connectivity index (χ0n) is 8.99. The third-order valence-electron chi connectivity index (χ3n) is 1.61. The Kier molecular flexibility index (Phi) is 4.43. The van der Waals surface area contributed by atoms with E-state index in [2.05, 4.69) is 11.8 Å². The molecule has 2 heteroatoms. The highest BCUT2D eigenvalue weighted by molar-refractivity contribution is 5.72. The normalized spacial score (nSPS) is 9.27. The van der Waals surface area contributed by atoms with Gasteiger partial charge in [-0.25, -0.2) is 0 Å². The van der Waals surface area contributed by atoms with Crippen LogP contribution in [0.3, 0.4) is 0 Å². The lowest BCUT2D eigenvalue weighted by molar-refractivity contribution is -0.146. The molecule has 78 valence electrons. The van der Waals surface area contributed by atoms with Gasteiger partial charge in [-0.05, 0) is 26.0 Å². The molecule has 0 atom stereocenters. The number of ether oxygens (including phenoxy) is 1. The number of carbonyl (C=O) groups is 1. The van der Waals surface area contributed by atoms with E-state index in [1.165, 1.54) is 0 Å². The van der Waals surface area contributed by atoms with E-state index in [9.17, 15) is 4.79 Å². The first-order valence-corrected chi connectivity index (χ1v) is 4.92. The molecule has 0 unspecified atom stereocenters. The molecule has 0 radical (unpaired) electrons. The topological polar surface area (TPSA) is 26.3 Å². The molecule has 1 aromatic rings. The standard InChI is InChI=1S/C13H14O2/c1-11(2)15-13(14)10-6-9-12-7-4-3-5-8-12/h3-5,7-8,11H,10H2,1-2H3. The first-order valence-electron chi connectivity index (χ1n) is 4.92. The first kappa shape index (κ1) is 11.3. The molecule has 0 heterocycles. The van der Waals surface area contributed by atoms with Gasteiger partial charge in [-0.3, -0.25) is 4.79 Å². The Labute approximate surface area is 90.3 Å². The minimum Gasteiger partial charge on any atom is -0.462 e. The Balaban J connectivity index is 2.44. The van der Waals surface area contributed by atoms with Crippen LogP contribution >= 0.6 is 0 Å². The predicted molar refractivity (Wildman–Crippen MR) is 59.2 cm³/mol.